The maximum atomic E-state index is 12.1. The second kappa shape index (κ2) is 6.61. The Morgan fingerprint density at radius 1 is 1.29 bits per heavy atom. The van der Waals surface area contributed by atoms with Crippen LogP contribution in [-0.4, -0.2) is 17.1 Å². The standard InChI is InChI=1S/C16H17ClN2O2/c1-10-13(17)3-2-4-15(10)19-16(21)14(18)9-11-5-7-12(20)8-6-11/h2-8,14,20H,9,18H2,1H3,(H,19,21)/t14-/m1/s1. The molecule has 0 aliphatic carbocycles. The SMILES string of the molecule is Cc1c(Cl)cccc1NC(=O)[C@H](N)Cc1ccc(O)cc1. The van der Waals surface area contributed by atoms with Crippen LogP contribution in [-0.2, 0) is 11.2 Å². The molecule has 0 aliphatic heterocycles. The van der Waals surface area contributed by atoms with E-state index >= 15 is 0 Å². The first-order chi connectivity index (χ1) is 9.97. The molecule has 0 radical (unpaired) electrons. The van der Waals surface area contributed by atoms with Crippen LogP contribution >= 0.6 is 11.6 Å². The van der Waals surface area contributed by atoms with Crippen molar-refractivity contribution in [1.82, 2.24) is 0 Å². The first kappa shape index (κ1) is 15.4. The third-order valence-electron chi connectivity index (χ3n) is 3.25. The number of benzene rings is 2. The van der Waals surface area contributed by atoms with Crippen molar-refractivity contribution in [2.75, 3.05) is 5.32 Å². The Kier molecular flexibility index (Phi) is 4.83. The van der Waals surface area contributed by atoms with Crippen LogP contribution < -0.4 is 11.1 Å². The molecule has 0 heterocycles. The van der Waals surface area contributed by atoms with Gasteiger partial charge in [0.15, 0.2) is 0 Å². The lowest BCUT2D eigenvalue weighted by Crippen LogP contribution is -2.37. The van der Waals surface area contributed by atoms with E-state index in [4.69, 9.17) is 17.3 Å². The van der Waals surface area contributed by atoms with Gasteiger partial charge in [0, 0.05) is 10.7 Å². The van der Waals surface area contributed by atoms with Crippen molar-refractivity contribution in [3.8, 4) is 5.75 Å². The molecule has 4 N–H and O–H groups in total. The molecule has 0 unspecified atom stereocenters. The van der Waals surface area contributed by atoms with Gasteiger partial charge in [-0.05, 0) is 48.7 Å². The van der Waals surface area contributed by atoms with Gasteiger partial charge in [0.1, 0.15) is 5.75 Å². The van der Waals surface area contributed by atoms with E-state index in [0.717, 1.165) is 11.1 Å². The summed E-state index contributed by atoms with van der Waals surface area (Å²) in [5.74, 6) is -0.0835. The Balaban J connectivity index is 2.02. The molecular weight excluding hydrogens is 288 g/mol. The molecule has 0 fully saturated rings. The van der Waals surface area contributed by atoms with Gasteiger partial charge >= 0.3 is 0 Å². The Bertz CT molecular complexity index is 641. The highest BCUT2D eigenvalue weighted by Gasteiger charge is 2.15. The molecule has 2 aromatic carbocycles. The summed E-state index contributed by atoms with van der Waals surface area (Å²) in [4.78, 5) is 12.1. The van der Waals surface area contributed by atoms with Crippen LogP contribution in [0.1, 0.15) is 11.1 Å². The summed E-state index contributed by atoms with van der Waals surface area (Å²) in [6.07, 6.45) is 0.395. The van der Waals surface area contributed by atoms with Crippen molar-refractivity contribution in [3.63, 3.8) is 0 Å². The van der Waals surface area contributed by atoms with E-state index < -0.39 is 6.04 Å². The van der Waals surface area contributed by atoms with Gasteiger partial charge in [-0.2, -0.15) is 0 Å². The van der Waals surface area contributed by atoms with Crippen LogP contribution in [0.4, 0.5) is 5.69 Å². The summed E-state index contributed by atoms with van der Waals surface area (Å²) < 4.78 is 0. The lowest BCUT2D eigenvalue weighted by Gasteiger charge is -2.14. The van der Waals surface area contributed by atoms with Crippen molar-refractivity contribution in [1.29, 1.82) is 0 Å². The molecule has 1 atom stereocenters. The number of halogens is 1. The average Bonchev–Trinajstić information content (AvgIpc) is 2.46. The zero-order chi connectivity index (χ0) is 15.4. The highest BCUT2D eigenvalue weighted by atomic mass is 35.5. The molecule has 5 heteroatoms. The minimum absolute atomic E-state index is 0.186. The number of carbonyl (C=O) groups excluding carboxylic acids is 1. The van der Waals surface area contributed by atoms with Gasteiger partial charge in [-0.25, -0.2) is 0 Å². The molecule has 4 nitrogen and oxygen atoms in total. The van der Waals surface area contributed by atoms with Crippen LogP contribution in [0, 0.1) is 6.92 Å². The molecule has 0 bridgehead atoms. The van der Waals surface area contributed by atoms with Crippen molar-refractivity contribution < 1.29 is 9.90 Å². The predicted molar refractivity (Wildman–Crippen MR) is 84.6 cm³/mol. The monoisotopic (exact) mass is 304 g/mol. The van der Waals surface area contributed by atoms with E-state index in [0.29, 0.717) is 17.1 Å². The van der Waals surface area contributed by atoms with Gasteiger partial charge in [-0.15, -0.1) is 0 Å². The molecule has 0 saturated carbocycles. The molecular formula is C16H17ClN2O2. The number of amides is 1. The molecule has 0 saturated heterocycles. The number of carbonyl (C=O) groups is 1. The molecule has 0 aliphatic rings. The highest BCUT2D eigenvalue weighted by molar-refractivity contribution is 6.31. The van der Waals surface area contributed by atoms with E-state index in [1.807, 2.05) is 6.92 Å². The van der Waals surface area contributed by atoms with Gasteiger partial charge < -0.3 is 16.2 Å². The smallest absolute Gasteiger partial charge is 0.241 e. The summed E-state index contributed by atoms with van der Waals surface area (Å²) >= 11 is 6.02. The first-order valence-corrected chi connectivity index (χ1v) is 6.94. The normalized spacial score (nSPS) is 12.0. The van der Waals surface area contributed by atoms with E-state index in [-0.39, 0.29) is 11.7 Å². The highest BCUT2D eigenvalue weighted by Crippen LogP contribution is 2.23. The summed E-state index contributed by atoms with van der Waals surface area (Å²) in [6.45, 7) is 1.84. The zero-order valence-corrected chi connectivity index (χ0v) is 12.4. The van der Waals surface area contributed by atoms with Gasteiger partial charge in [-0.3, -0.25) is 4.79 Å². The third-order valence-corrected chi connectivity index (χ3v) is 3.66. The quantitative estimate of drug-likeness (QED) is 0.813. The minimum atomic E-state index is -0.673. The Hall–Kier alpha value is -2.04. The maximum Gasteiger partial charge on any atom is 0.241 e. The largest absolute Gasteiger partial charge is 0.508 e. The third kappa shape index (κ3) is 3.97. The van der Waals surface area contributed by atoms with Crippen LogP contribution in [0.15, 0.2) is 42.5 Å². The van der Waals surface area contributed by atoms with E-state index in [9.17, 15) is 9.90 Å². The predicted octanol–water partition coefficient (Wildman–Crippen LogP) is 2.86. The number of rotatable bonds is 4. The molecule has 2 aromatic rings. The van der Waals surface area contributed by atoms with Crippen LogP contribution in [0.3, 0.4) is 0 Å². The van der Waals surface area contributed by atoms with E-state index in [2.05, 4.69) is 5.32 Å². The van der Waals surface area contributed by atoms with E-state index in [1.54, 1.807) is 42.5 Å². The van der Waals surface area contributed by atoms with Crippen molar-refractivity contribution in [3.05, 3.63) is 58.6 Å². The summed E-state index contributed by atoms with van der Waals surface area (Å²) in [6, 6.07) is 11.3. The fourth-order valence-electron chi connectivity index (χ4n) is 1.95. The topological polar surface area (TPSA) is 75.4 Å². The molecule has 0 aromatic heterocycles. The lowest BCUT2D eigenvalue weighted by molar-refractivity contribution is -0.117. The Morgan fingerprint density at radius 2 is 1.95 bits per heavy atom. The Morgan fingerprint density at radius 3 is 2.62 bits per heavy atom. The number of anilines is 1. The number of phenols is 1. The molecule has 110 valence electrons. The number of aromatic hydroxyl groups is 1. The zero-order valence-electron chi connectivity index (χ0n) is 11.6. The number of phenolic OH excluding ortho intramolecular Hbond substituents is 1. The first-order valence-electron chi connectivity index (χ1n) is 6.57. The van der Waals surface area contributed by atoms with Crippen molar-refractivity contribution in [2.45, 2.75) is 19.4 Å². The summed E-state index contributed by atoms with van der Waals surface area (Å²) in [5, 5.41) is 12.6. The van der Waals surface area contributed by atoms with Crippen molar-refractivity contribution in [2.24, 2.45) is 5.73 Å². The van der Waals surface area contributed by atoms with Crippen LogP contribution in [0.2, 0.25) is 5.02 Å². The second-order valence-electron chi connectivity index (χ2n) is 4.88. The number of nitrogens with one attached hydrogen (secondary N) is 1. The lowest BCUT2D eigenvalue weighted by atomic mass is 10.1. The molecule has 0 spiro atoms. The van der Waals surface area contributed by atoms with Gasteiger partial charge in [0.25, 0.3) is 0 Å². The van der Waals surface area contributed by atoms with Gasteiger partial charge in [0.2, 0.25) is 5.91 Å². The van der Waals surface area contributed by atoms with Crippen LogP contribution in [0.5, 0.6) is 5.75 Å². The maximum absolute atomic E-state index is 12.1. The van der Waals surface area contributed by atoms with Gasteiger partial charge in [-0.1, -0.05) is 29.8 Å². The van der Waals surface area contributed by atoms with E-state index in [1.165, 1.54) is 0 Å². The fraction of sp³-hybridized carbons (Fsp3) is 0.188. The van der Waals surface area contributed by atoms with Crippen molar-refractivity contribution >= 4 is 23.2 Å². The fourth-order valence-corrected chi connectivity index (χ4v) is 2.12. The summed E-state index contributed by atoms with van der Waals surface area (Å²) in [5.41, 5.74) is 8.27. The Labute approximate surface area is 128 Å². The second-order valence-corrected chi connectivity index (χ2v) is 5.29. The molecule has 2 rings (SSSR count). The number of hydrogen-bond donors (Lipinski definition) is 3. The molecule has 1 amide bonds. The minimum Gasteiger partial charge on any atom is -0.508 e. The molecule has 21 heavy (non-hydrogen) atoms. The van der Waals surface area contributed by atoms with Gasteiger partial charge in [0.05, 0.1) is 6.04 Å². The number of nitrogens with two attached hydrogens (primary N) is 1. The summed E-state index contributed by atoms with van der Waals surface area (Å²) in [7, 11) is 0. The average molecular weight is 305 g/mol. The number of hydrogen-bond acceptors (Lipinski definition) is 3. The van der Waals surface area contributed by atoms with Crippen LogP contribution in [0.25, 0.3) is 0 Å².